The highest BCUT2D eigenvalue weighted by atomic mass is 16.5. The highest BCUT2D eigenvalue weighted by Crippen LogP contribution is 2.25. The van der Waals surface area contributed by atoms with Crippen LogP contribution in [-0.4, -0.2) is 42.3 Å². The quantitative estimate of drug-likeness (QED) is 0.922. The first kappa shape index (κ1) is 15.0. The molecule has 2 aliphatic rings. The number of ether oxygens (including phenoxy) is 1. The van der Waals surface area contributed by atoms with E-state index in [-0.39, 0.29) is 5.60 Å². The summed E-state index contributed by atoms with van der Waals surface area (Å²) in [5, 5.41) is 3.87. The topological polar surface area (TPSA) is 24.5 Å². The number of likely N-dealkylation sites (tertiary alicyclic amines) is 1. The molecule has 0 spiro atoms. The Labute approximate surface area is 128 Å². The number of nitrogens with one attached hydrogen (secondary N) is 1. The summed E-state index contributed by atoms with van der Waals surface area (Å²) in [6, 6.07) is 12.1. The van der Waals surface area contributed by atoms with Gasteiger partial charge in [0, 0.05) is 38.3 Å². The van der Waals surface area contributed by atoms with Crippen LogP contribution >= 0.6 is 0 Å². The Kier molecular flexibility index (Phi) is 4.63. The van der Waals surface area contributed by atoms with E-state index in [1.807, 2.05) is 0 Å². The number of hydrogen-bond donors (Lipinski definition) is 1. The maximum Gasteiger partial charge on any atom is 0.0641 e. The average Bonchev–Trinajstić information content (AvgIpc) is 2.86. The summed E-state index contributed by atoms with van der Waals surface area (Å²) in [6.45, 7) is 8.77. The Bertz CT molecular complexity index is 446. The van der Waals surface area contributed by atoms with Crippen LogP contribution in [0.3, 0.4) is 0 Å². The Balaban J connectivity index is 1.46. The molecular weight excluding hydrogens is 260 g/mol. The molecule has 3 heteroatoms. The molecule has 2 aliphatic heterocycles. The lowest BCUT2D eigenvalue weighted by Gasteiger charge is -2.37. The predicted octanol–water partition coefficient (Wildman–Crippen LogP) is 2.81. The van der Waals surface area contributed by atoms with Gasteiger partial charge >= 0.3 is 0 Å². The zero-order chi connectivity index (χ0) is 14.7. The fraction of sp³-hybridized carbons (Fsp3) is 0.667. The van der Waals surface area contributed by atoms with Crippen molar-refractivity contribution in [2.75, 3.05) is 19.7 Å². The molecule has 2 fully saturated rings. The van der Waals surface area contributed by atoms with E-state index in [0.29, 0.717) is 12.1 Å². The number of rotatable bonds is 4. The molecule has 2 saturated heterocycles. The molecule has 0 bridgehead atoms. The highest BCUT2D eigenvalue weighted by molar-refractivity contribution is 5.14. The summed E-state index contributed by atoms with van der Waals surface area (Å²) >= 11 is 0. The van der Waals surface area contributed by atoms with E-state index in [9.17, 15) is 0 Å². The molecule has 3 rings (SSSR count). The molecule has 0 amide bonds. The summed E-state index contributed by atoms with van der Waals surface area (Å²) in [6.07, 6.45) is 3.55. The predicted molar refractivity (Wildman–Crippen MR) is 86.3 cm³/mol. The fourth-order valence-corrected chi connectivity index (χ4v) is 3.66. The van der Waals surface area contributed by atoms with Crippen molar-refractivity contribution < 1.29 is 4.74 Å². The third-order valence-electron chi connectivity index (χ3n) is 4.69. The van der Waals surface area contributed by atoms with E-state index in [0.717, 1.165) is 26.0 Å². The lowest BCUT2D eigenvalue weighted by molar-refractivity contribution is -0.0640. The summed E-state index contributed by atoms with van der Waals surface area (Å²) in [4.78, 5) is 2.57. The highest BCUT2D eigenvalue weighted by Gasteiger charge is 2.31. The second-order valence-corrected chi connectivity index (χ2v) is 7.17. The molecule has 1 aromatic rings. The SMILES string of the molecule is CC1(C)CC(NC2CCN(Cc3ccccc3)C2)CCO1. The van der Waals surface area contributed by atoms with Gasteiger partial charge in [0.15, 0.2) is 0 Å². The summed E-state index contributed by atoms with van der Waals surface area (Å²) in [5.74, 6) is 0. The minimum atomic E-state index is 0.0399. The standard InChI is InChI=1S/C18H28N2O/c1-18(2)12-16(9-11-21-18)19-17-8-10-20(14-17)13-15-6-4-3-5-7-15/h3-7,16-17,19H,8-14H2,1-2H3. The second kappa shape index (κ2) is 6.47. The van der Waals surface area contributed by atoms with Crippen LogP contribution in [0.5, 0.6) is 0 Å². The van der Waals surface area contributed by atoms with Crippen molar-refractivity contribution in [2.24, 2.45) is 0 Å². The van der Waals surface area contributed by atoms with Gasteiger partial charge in [-0.05, 0) is 38.7 Å². The number of benzene rings is 1. The van der Waals surface area contributed by atoms with E-state index >= 15 is 0 Å². The Hall–Kier alpha value is -0.900. The van der Waals surface area contributed by atoms with E-state index in [1.165, 1.54) is 25.1 Å². The first-order valence-electron chi connectivity index (χ1n) is 8.27. The monoisotopic (exact) mass is 288 g/mol. The van der Waals surface area contributed by atoms with Crippen LogP contribution in [0.2, 0.25) is 0 Å². The Morgan fingerprint density at radius 1 is 1.19 bits per heavy atom. The molecule has 0 saturated carbocycles. The molecule has 21 heavy (non-hydrogen) atoms. The van der Waals surface area contributed by atoms with Crippen molar-refractivity contribution in [1.82, 2.24) is 10.2 Å². The number of nitrogens with zero attached hydrogens (tertiary/aromatic N) is 1. The van der Waals surface area contributed by atoms with Crippen LogP contribution in [0.25, 0.3) is 0 Å². The van der Waals surface area contributed by atoms with E-state index in [1.54, 1.807) is 0 Å². The first-order valence-corrected chi connectivity index (χ1v) is 8.27. The molecule has 116 valence electrons. The largest absolute Gasteiger partial charge is 0.375 e. The maximum atomic E-state index is 5.81. The molecule has 0 aromatic heterocycles. The molecule has 0 radical (unpaired) electrons. The van der Waals surface area contributed by atoms with Crippen LogP contribution in [0, 0.1) is 0 Å². The van der Waals surface area contributed by atoms with Gasteiger partial charge in [-0.1, -0.05) is 30.3 Å². The Morgan fingerprint density at radius 3 is 2.76 bits per heavy atom. The normalized spacial score (nSPS) is 29.6. The molecule has 2 heterocycles. The summed E-state index contributed by atoms with van der Waals surface area (Å²) < 4.78 is 5.81. The van der Waals surface area contributed by atoms with Crippen molar-refractivity contribution in [1.29, 1.82) is 0 Å². The molecular formula is C18H28N2O. The third kappa shape index (κ3) is 4.29. The van der Waals surface area contributed by atoms with E-state index < -0.39 is 0 Å². The summed E-state index contributed by atoms with van der Waals surface area (Å²) in [7, 11) is 0. The zero-order valence-electron chi connectivity index (χ0n) is 13.3. The molecule has 1 N–H and O–H groups in total. The van der Waals surface area contributed by atoms with Gasteiger partial charge in [0.05, 0.1) is 5.60 Å². The van der Waals surface area contributed by atoms with Gasteiger partial charge < -0.3 is 10.1 Å². The van der Waals surface area contributed by atoms with E-state index in [2.05, 4.69) is 54.4 Å². The molecule has 2 atom stereocenters. The zero-order valence-corrected chi connectivity index (χ0v) is 13.3. The van der Waals surface area contributed by atoms with Crippen LogP contribution in [0.4, 0.5) is 0 Å². The number of hydrogen-bond acceptors (Lipinski definition) is 3. The summed E-state index contributed by atoms with van der Waals surface area (Å²) in [5.41, 5.74) is 1.46. The van der Waals surface area contributed by atoms with Gasteiger partial charge in [0.2, 0.25) is 0 Å². The van der Waals surface area contributed by atoms with Crippen LogP contribution in [-0.2, 0) is 11.3 Å². The average molecular weight is 288 g/mol. The molecule has 0 aliphatic carbocycles. The first-order chi connectivity index (χ1) is 10.1. The lowest BCUT2D eigenvalue weighted by Crippen LogP contribution is -2.48. The van der Waals surface area contributed by atoms with Gasteiger partial charge in [-0.15, -0.1) is 0 Å². The maximum absolute atomic E-state index is 5.81. The minimum Gasteiger partial charge on any atom is -0.375 e. The van der Waals surface area contributed by atoms with E-state index in [4.69, 9.17) is 4.74 Å². The fourth-order valence-electron chi connectivity index (χ4n) is 3.66. The second-order valence-electron chi connectivity index (χ2n) is 7.17. The lowest BCUT2D eigenvalue weighted by atomic mass is 9.93. The van der Waals surface area contributed by atoms with Crippen LogP contribution in [0.1, 0.15) is 38.7 Å². The van der Waals surface area contributed by atoms with Crippen molar-refractivity contribution in [3.8, 4) is 0 Å². The van der Waals surface area contributed by atoms with Crippen LogP contribution < -0.4 is 5.32 Å². The molecule has 3 nitrogen and oxygen atoms in total. The van der Waals surface area contributed by atoms with Gasteiger partial charge in [-0.25, -0.2) is 0 Å². The molecule has 1 aromatic carbocycles. The van der Waals surface area contributed by atoms with Gasteiger partial charge in [0.25, 0.3) is 0 Å². The minimum absolute atomic E-state index is 0.0399. The van der Waals surface area contributed by atoms with Crippen molar-refractivity contribution in [2.45, 2.75) is 57.3 Å². The van der Waals surface area contributed by atoms with Crippen molar-refractivity contribution in [3.05, 3.63) is 35.9 Å². The van der Waals surface area contributed by atoms with Crippen molar-refractivity contribution >= 4 is 0 Å². The van der Waals surface area contributed by atoms with Gasteiger partial charge in [-0.2, -0.15) is 0 Å². The smallest absolute Gasteiger partial charge is 0.0641 e. The van der Waals surface area contributed by atoms with Gasteiger partial charge in [-0.3, -0.25) is 4.90 Å². The van der Waals surface area contributed by atoms with Crippen LogP contribution in [0.15, 0.2) is 30.3 Å². The molecule has 2 unspecified atom stereocenters. The van der Waals surface area contributed by atoms with Crippen molar-refractivity contribution in [3.63, 3.8) is 0 Å². The third-order valence-corrected chi connectivity index (χ3v) is 4.69. The Morgan fingerprint density at radius 2 is 2.00 bits per heavy atom. The van der Waals surface area contributed by atoms with Gasteiger partial charge in [0.1, 0.15) is 0 Å².